The molecule has 3 rings (SSSR count). The van der Waals surface area contributed by atoms with Crippen LogP contribution < -0.4 is 15.1 Å². The molecular weight excluding hydrogens is 383 g/mol. The van der Waals surface area contributed by atoms with Gasteiger partial charge in [0.25, 0.3) is 17.5 Å². The van der Waals surface area contributed by atoms with Crippen molar-refractivity contribution in [1.29, 1.82) is 0 Å². The van der Waals surface area contributed by atoms with Crippen LogP contribution in [-0.2, 0) is 9.59 Å². The number of nitro benzene ring substituents is 1. The number of para-hydroxylation sites is 1. The van der Waals surface area contributed by atoms with E-state index in [-0.39, 0.29) is 16.9 Å². The molecule has 1 saturated heterocycles. The largest absolute Gasteiger partial charge is 0.377 e. The normalized spacial score (nSPS) is 15.5. The van der Waals surface area contributed by atoms with E-state index in [1.807, 2.05) is 5.32 Å². The number of non-ortho nitro benzene ring substituents is 1. The molecule has 10 heteroatoms. The molecule has 0 atom stereocenters. The lowest BCUT2D eigenvalue weighted by molar-refractivity contribution is -0.384. The van der Waals surface area contributed by atoms with Crippen LogP contribution in [0.1, 0.15) is 5.56 Å². The Morgan fingerprint density at radius 2 is 1.83 bits per heavy atom. The lowest BCUT2D eigenvalue weighted by Crippen LogP contribution is -2.54. The minimum Gasteiger partial charge on any atom is -0.377 e. The number of nitrogens with one attached hydrogen (secondary N) is 1. The van der Waals surface area contributed by atoms with E-state index in [1.54, 1.807) is 19.0 Å². The summed E-state index contributed by atoms with van der Waals surface area (Å²) in [6.07, 6.45) is 1.14. The molecule has 4 amide bonds. The third kappa shape index (κ3) is 3.68. The molecule has 148 valence electrons. The van der Waals surface area contributed by atoms with Gasteiger partial charge in [0.1, 0.15) is 11.4 Å². The van der Waals surface area contributed by atoms with Gasteiger partial charge in [-0.15, -0.1) is 0 Å². The number of carbonyl (C=O) groups excluding carboxylic acids is 3. The number of barbiturate groups is 1. The Bertz CT molecular complexity index is 1080. The van der Waals surface area contributed by atoms with Gasteiger partial charge in [-0.05, 0) is 24.3 Å². The number of amides is 4. The lowest BCUT2D eigenvalue weighted by atomic mass is 10.0. The molecule has 9 nitrogen and oxygen atoms in total. The molecule has 2 aromatic carbocycles. The Morgan fingerprint density at radius 1 is 1.14 bits per heavy atom. The summed E-state index contributed by atoms with van der Waals surface area (Å²) in [6, 6.07) is 7.98. The van der Waals surface area contributed by atoms with Crippen LogP contribution in [0.5, 0.6) is 0 Å². The Kier molecular flexibility index (Phi) is 5.09. The molecule has 1 N–H and O–H groups in total. The van der Waals surface area contributed by atoms with Crippen LogP contribution in [0.15, 0.2) is 48.0 Å². The average Bonchev–Trinajstić information content (AvgIpc) is 2.66. The molecule has 29 heavy (non-hydrogen) atoms. The zero-order valence-corrected chi connectivity index (χ0v) is 15.4. The van der Waals surface area contributed by atoms with Crippen LogP contribution in [0.4, 0.5) is 26.2 Å². The van der Waals surface area contributed by atoms with Gasteiger partial charge in [-0.3, -0.25) is 25.0 Å². The van der Waals surface area contributed by atoms with Crippen LogP contribution in [0, 0.1) is 15.9 Å². The van der Waals surface area contributed by atoms with Gasteiger partial charge in [-0.25, -0.2) is 14.1 Å². The highest BCUT2D eigenvalue weighted by atomic mass is 19.1. The first kappa shape index (κ1) is 19.7. The zero-order valence-electron chi connectivity index (χ0n) is 15.4. The van der Waals surface area contributed by atoms with Crippen molar-refractivity contribution in [3.63, 3.8) is 0 Å². The van der Waals surface area contributed by atoms with Crippen LogP contribution in [0.25, 0.3) is 6.08 Å². The summed E-state index contributed by atoms with van der Waals surface area (Å²) >= 11 is 0. The topological polar surface area (TPSA) is 113 Å². The van der Waals surface area contributed by atoms with E-state index >= 15 is 0 Å². The maximum atomic E-state index is 14.1. The molecule has 0 radical (unpaired) electrons. The van der Waals surface area contributed by atoms with Crippen LogP contribution in [-0.4, -0.2) is 36.9 Å². The highest BCUT2D eigenvalue weighted by molar-refractivity contribution is 6.39. The predicted octanol–water partition coefficient (Wildman–Crippen LogP) is 2.47. The van der Waals surface area contributed by atoms with Crippen LogP contribution in [0.2, 0.25) is 0 Å². The van der Waals surface area contributed by atoms with Crippen molar-refractivity contribution in [2.75, 3.05) is 23.9 Å². The van der Waals surface area contributed by atoms with Gasteiger partial charge in [0.2, 0.25) is 0 Å². The van der Waals surface area contributed by atoms with E-state index in [4.69, 9.17) is 0 Å². The van der Waals surface area contributed by atoms with Crippen molar-refractivity contribution in [3.05, 3.63) is 69.5 Å². The number of hydrogen-bond donors (Lipinski definition) is 1. The third-order valence-corrected chi connectivity index (χ3v) is 4.20. The van der Waals surface area contributed by atoms with Crippen molar-refractivity contribution in [1.82, 2.24) is 5.32 Å². The summed E-state index contributed by atoms with van der Waals surface area (Å²) in [7, 11) is 3.36. The van der Waals surface area contributed by atoms with E-state index < -0.39 is 34.2 Å². The van der Waals surface area contributed by atoms with Crippen LogP contribution >= 0.6 is 0 Å². The van der Waals surface area contributed by atoms with Crippen molar-refractivity contribution < 1.29 is 23.7 Å². The number of halogens is 1. The van der Waals surface area contributed by atoms with Gasteiger partial charge in [-0.2, -0.15) is 0 Å². The number of carbonyl (C=O) groups is 3. The van der Waals surface area contributed by atoms with Gasteiger partial charge >= 0.3 is 6.03 Å². The number of benzene rings is 2. The number of nitrogens with zero attached hydrogens (tertiary/aromatic N) is 3. The second-order valence-electron chi connectivity index (χ2n) is 6.30. The SMILES string of the molecule is CN(C)c1ccc([N+](=O)[O-])cc1/C=C1/C(=O)NC(=O)N(c2ccccc2F)C1=O. The minimum absolute atomic E-state index is 0.213. The molecule has 1 aliphatic heterocycles. The monoisotopic (exact) mass is 398 g/mol. The van der Waals surface area contributed by atoms with Gasteiger partial charge in [0.05, 0.1) is 10.6 Å². The maximum absolute atomic E-state index is 14.1. The molecular formula is C19H15FN4O5. The molecule has 0 bridgehead atoms. The molecule has 1 heterocycles. The van der Waals surface area contributed by atoms with Crippen molar-refractivity contribution in [3.8, 4) is 0 Å². The first-order chi connectivity index (χ1) is 13.7. The summed E-state index contributed by atoms with van der Waals surface area (Å²) in [6.45, 7) is 0. The molecule has 0 saturated carbocycles. The van der Waals surface area contributed by atoms with Gasteiger partial charge in [-0.1, -0.05) is 12.1 Å². The summed E-state index contributed by atoms with van der Waals surface area (Å²) in [5.41, 5.74) is -0.312. The molecule has 0 unspecified atom stereocenters. The quantitative estimate of drug-likeness (QED) is 0.366. The first-order valence-electron chi connectivity index (χ1n) is 8.32. The highest BCUT2D eigenvalue weighted by Crippen LogP contribution is 2.29. The zero-order chi connectivity index (χ0) is 21.3. The number of urea groups is 1. The van der Waals surface area contributed by atoms with E-state index in [0.29, 0.717) is 10.6 Å². The van der Waals surface area contributed by atoms with Crippen molar-refractivity contribution in [2.45, 2.75) is 0 Å². The predicted molar refractivity (Wildman–Crippen MR) is 103 cm³/mol. The molecule has 0 aromatic heterocycles. The fourth-order valence-corrected chi connectivity index (χ4v) is 2.84. The fraction of sp³-hybridized carbons (Fsp3) is 0.105. The van der Waals surface area contributed by atoms with E-state index in [2.05, 4.69) is 0 Å². The van der Waals surface area contributed by atoms with Crippen molar-refractivity contribution in [2.24, 2.45) is 0 Å². The van der Waals surface area contributed by atoms with Gasteiger partial charge < -0.3 is 4.90 Å². The highest BCUT2D eigenvalue weighted by Gasteiger charge is 2.38. The summed E-state index contributed by atoms with van der Waals surface area (Å²) < 4.78 is 14.1. The summed E-state index contributed by atoms with van der Waals surface area (Å²) in [4.78, 5) is 50.0. The third-order valence-electron chi connectivity index (χ3n) is 4.20. The molecule has 1 fully saturated rings. The minimum atomic E-state index is -1.09. The molecule has 2 aromatic rings. The number of rotatable bonds is 4. The second kappa shape index (κ2) is 7.50. The lowest BCUT2D eigenvalue weighted by Gasteiger charge is -2.26. The standard InChI is InChI=1S/C19H15FN4O5/c1-22(2)15-8-7-12(24(28)29)9-11(15)10-13-17(25)21-19(27)23(18(13)26)16-6-4-3-5-14(16)20/h3-10H,1-2H3,(H,21,25,27)/b13-10-. The van der Waals surface area contributed by atoms with Crippen LogP contribution in [0.3, 0.4) is 0 Å². The number of imide groups is 2. The first-order valence-corrected chi connectivity index (χ1v) is 8.32. The fourth-order valence-electron chi connectivity index (χ4n) is 2.84. The Hall–Kier alpha value is -4.08. The number of anilines is 2. The Balaban J connectivity index is 2.13. The maximum Gasteiger partial charge on any atom is 0.336 e. The number of hydrogen-bond acceptors (Lipinski definition) is 6. The molecule has 0 spiro atoms. The Morgan fingerprint density at radius 3 is 2.45 bits per heavy atom. The van der Waals surface area contributed by atoms with Crippen molar-refractivity contribution >= 4 is 41.0 Å². The summed E-state index contributed by atoms with van der Waals surface area (Å²) in [5, 5.41) is 13.1. The molecule has 0 aliphatic carbocycles. The van der Waals surface area contributed by atoms with E-state index in [1.165, 1.54) is 36.4 Å². The summed E-state index contributed by atoms with van der Waals surface area (Å²) in [5.74, 6) is -2.85. The van der Waals surface area contributed by atoms with Gasteiger partial charge in [0.15, 0.2) is 0 Å². The second-order valence-corrected chi connectivity index (χ2v) is 6.30. The van der Waals surface area contributed by atoms with E-state index in [9.17, 15) is 28.9 Å². The Labute approximate surface area is 164 Å². The van der Waals surface area contributed by atoms with Gasteiger partial charge in [0, 0.05) is 37.5 Å². The molecule has 1 aliphatic rings. The number of nitro groups is 1. The smallest absolute Gasteiger partial charge is 0.336 e. The van der Waals surface area contributed by atoms with E-state index in [0.717, 1.165) is 12.1 Å². The average molecular weight is 398 g/mol.